The zero-order valence-corrected chi connectivity index (χ0v) is 18.9. The maximum absolute atomic E-state index is 13.5. The van der Waals surface area contributed by atoms with Crippen LogP contribution < -0.4 is 4.74 Å². The number of ether oxygens (including phenoxy) is 1. The van der Waals surface area contributed by atoms with Gasteiger partial charge in [-0.25, -0.2) is 9.50 Å². The summed E-state index contributed by atoms with van der Waals surface area (Å²) in [4.78, 5) is 24.0. The molecule has 1 amide bonds. The standard InChI is InChI=1S/C26H25N5O2/c1-4-5-13-33-23-10-8-21(9-11-23)17-30(18-22-7-6-12-27-16-22)26(32)24-15-25-28-19(2)14-20(3)31(25)29-24/h6-12,14-16H,13,17-18H2,1-3H3. The van der Waals surface area contributed by atoms with Gasteiger partial charge in [0.05, 0.1) is 0 Å². The van der Waals surface area contributed by atoms with Gasteiger partial charge < -0.3 is 9.64 Å². The molecule has 0 saturated carbocycles. The topological polar surface area (TPSA) is 72.6 Å². The zero-order chi connectivity index (χ0) is 23.2. The first kappa shape index (κ1) is 22.0. The summed E-state index contributed by atoms with van der Waals surface area (Å²) in [6.45, 7) is 6.84. The molecule has 0 saturated heterocycles. The Morgan fingerprint density at radius 1 is 1.09 bits per heavy atom. The first-order chi connectivity index (χ1) is 16.0. The number of carbonyl (C=O) groups excluding carboxylic acids is 1. The van der Waals surface area contributed by atoms with E-state index in [1.165, 1.54) is 0 Å². The average molecular weight is 440 g/mol. The van der Waals surface area contributed by atoms with Crippen LogP contribution in [0.2, 0.25) is 0 Å². The van der Waals surface area contributed by atoms with Crippen molar-refractivity contribution in [2.24, 2.45) is 0 Å². The summed E-state index contributed by atoms with van der Waals surface area (Å²) in [6.07, 6.45) is 3.49. The third kappa shape index (κ3) is 5.36. The van der Waals surface area contributed by atoms with E-state index in [1.807, 2.05) is 56.3 Å². The Bertz CT molecular complexity index is 1320. The van der Waals surface area contributed by atoms with Crippen LogP contribution in [0.4, 0.5) is 0 Å². The van der Waals surface area contributed by atoms with E-state index in [9.17, 15) is 4.79 Å². The molecule has 166 valence electrons. The molecule has 7 heteroatoms. The molecule has 0 fully saturated rings. The number of pyridine rings is 1. The van der Waals surface area contributed by atoms with Gasteiger partial charge in [-0.3, -0.25) is 9.78 Å². The van der Waals surface area contributed by atoms with Crippen LogP contribution in [0.15, 0.2) is 60.9 Å². The predicted molar refractivity (Wildman–Crippen MR) is 126 cm³/mol. The summed E-state index contributed by atoms with van der Waals surface area (Å²) < 4.78 is 7.29. The zero-order valence-electron chi connectivity index (χ0n) is 18.9. The SMILES string of the molecule is CC#CCOc1ccc(CN(Cc2cccnc2)C(=O)c2cc3nc(C)cc(C)n3n2)cc1. The minimum atomic E-state index is -0.167. The van der Waals surface area contributed by atoms with Crippen LogP contribution in [0.5, 0.6) is 5.75 Å². The van der Waals surface area contributed by atoms with Gasteiger partial charge in [0.15, 0.2) is 11.3 Å². The van der Waals surface area contributed by atoms with E-state index in [4.69, 9.17) is 4.74 Å². The third-order valence-electron chi connectivity index (χ3n) is 5.12. The summed E-state index contributed by atoms with van der Waals surface area (Å²) in [6, 6.07) is 15.2. The van der Waals surface area contributed by atoms with E-state index >= 15 is 0 Å². The fraction of sp³-hybridized carbons (Fsp3) is 0.231. The minimum absolute atomic E-state index is 0.167. The number of hydrogen-bond donors (Lipinski definition) is 0. The van der Waals surface area contributed by atoms with E-state index in [0.29, 0.717) is 31.0 Å². The lowest BCUT2D eigenvalue weighted by Crippen LogP contribution is -2.30. The third-order valence-corrected chi connectivity index (χ3v) is 5.12. The lowest BCUT2D eigenvalue weighted by molar-refractivity contribution is 0.0723. The van der Waals surface area contributed by atoms with Gasteiger partial charge in [0.2, 0.25) is 0 Å². The largest absolute Gasteiger partial charge is 0.481 e. The van der Waals surface area contributed by atoms with Crippen molar-refractivity contribution >= 4 is 11.6 Å². The lowest BCUT2D eigenvalue weighted by Gasteiger charge is -2.22. The molecule has 7 nitrogen and oxygen atoms in total. The maximum atomic E-state index is 13.5. The van der Waals surface area contributed by atoms with Gasteiger partial charge in [-0.05, 0) is 56.2 Å². The maximum Gasteiger partial charge on any atom is 0.275 e. The Hall–Kier alpha value is -4.18. The van der Waals surface area contributed by atoms with Crippen LogP contribution in [-0.4, -0.2) is 37.0 Å². The smallest absolute Gasteiger partial charge is 0.275 e. The summed E-state index contributed by atoms with van der Waals surface area (Å²) in [5, 5.41) is 4.53. The molecule has 0 aliphatic carbocycles. The Morgan fingerprint density at radius 2 is 1.88 bits per heavy atom. The molecule has 4 aromatic rings. The van der Waals surface area contributed by atoms with Crippen molar-refractivity contribution in [3.8, 4) is 17.6 Å². The minimum Gasteiger partial charge on any atom is -0.481 e. The van der Waals surface area contributed by atoms with Gasteiger partial charge in [-0.2, -0.15) is 5.10 Å². The number of benzene rings is 1. The fourth-order valence-electron chi connectivity index (χ4n) is 3.57. The number of carbonyl (C=O) groups is 1. The van der Waals surface area contributed by atoms with E-state index in [1.54, 1.807) is 34.8 Å². The second-order valence-corrected chi connectivity index (χ2v) is 7.72. The van der Waals surface area contributed by atoms with Gasteiger partial charge in [0, 0.05) is 42.9 Å². The fourth-order valence-corrected chi connectivity index (χ4v) is 3.57. The van der Waals surface area contributed by atoms with Gasteiger partial charge >= 0.3 is 0 Å². The quantitative estimate of drug-likeness (QED) is 0.407. The molecule has 0 aliphatic rings. The van der Waals surface area contributed by atoms with Crippen molar-refractivity contribution in [1.82, 2.24) is 24.5 Å². The number of hydrogen-bond acceptors (Lipinski definition) is 5. The van der Waals surface area contributed by atoms with Crippen molar-refractivity contribution in [2.45, 2.75) is 33.9 Å². The van der Waals surface area contributed by atoms with Crippen molar-refractivity contribution < 1.29 is 9.53 Å². The molecule has 1 aromatic carbocycles. The van der Waals surface area contributed by atoms with Crippen LogP contribution in [0.25, 0.3) is 5.65 Å². The summed E-state index contributed by atoms with van der Waals surface area (Å²) in [5.74, 6) is 6.26. The van der Waals surface area contributed by atoms with Crippen molar-refractivity contribution in [3.05, 3.63) is 89.1 Å². The van der Waals surface area contributed by atoms with Crippen LogP contribution in [0.1, 0.15) is 39.9 Å². The average Bonchev–Trinajstić information content (AvgIpc) is 3.24. The second-order valence-electron chi connectivity index (χ2n) is 7.72. The highest BCUT2D eigenvalue weighted by Gasteiger charge is 2.21. The molecule has 0 atom stereocenters. The Morgan fingerprint density at radius 3 is 2.61 bits per heavy atom. The molecule has 0 unspecified atom stereocenters. The van der Waals surface area contributed by atoms with Gasteiger partial charge in [0.25, 0.3) is 5.91 Å². The lowest BCUT2D eigenvalue weighted by atomic mass is 10.1. The van der Waals surface area contributed by atoms with Crippen molar-refractivity contribution in [3.63, 3.8) is 0 Å². The van der Waals surface area contributed by atoms with E-state index in [-0.39, 0.29) is 5.91 Å². The molecule has 3 aromatic heterocycles. The summed E-state index contributed by atoms with van der Waals surface area (Å²) >= 11 is 0. The molecule has 33 heavy (non-hydrogen) atoms. The summed E-state index contributed by atoms with van der Waals surface area (Å²) in [5.41, 5.74) is 4.76. The molecule has 0 spiro atoms. The molecule has 0 bridgehead atoms. The van der Waals surface area contributed by atoms with E-state index in [2.05, 4.69) is 26.9 Å². The highest BCUT2D eigenvalue weighted by molar-refractivity contribution is 5.93. The van der Waals surface area contributed by atoms with Gasteiger partial charge in [-0.1, -0.05) is 24.1 Å². The molecule has 4 rings (SSSR count). The number of amides is 1. The number of rotatable bonds is 7. The van der Waals surface area contributed by atoms with Gasteiger partial charge in [-0.15, -0.1) is 5.92 Å². The molecular weight excluding hydrogens is 414 g/mol. The number of aromatic nitrogens is 4. The summed E-state index contributed by atoms with van der Waals surface area (Å²) in [7, 11) is 0. The molecule has 3 heterocycles. The molecule has 0 N–H and O–H groups in total. The van der Waals surface area contributed by atoms with Crippen LogP contribution >= 0.6 is 0 Å². The van der Waals surface area contributed by atoms with Crippen LogP contribution in [0, 0.1) is 25.7 Å². The van der Waals surface area contributed by atoms with Crippen LogP contribution in [0.3, 0.4) is 0 Å². The number of fused-ring (bicyclic) bond motifs is 1. The highest BCUT2D eigenvalue weighted by Crippen LogP contribution is 2.18. The number of nitrogens with zero attached hydrogens (tertiary/aromatic N) is 5. The Labute approximate surface area is 193 Å². The van der Waals surface area contributed by atoms with Gasteiger partial charge in [0.1, 0.15) is 12.4 Å². The Balaban J connectivity index is 1.60. The highest BCUT2D eigenvalue weighted by atomic mass is 16.5. The van der Waals surface area contributed by atoms with Crippen molar-refractivity contribution in [1.29, 1.82) is 0 Å². The van der Waals surface area contributed by atoms with Crippen LogP contribution in [-0.2, 0) is 13.1 Å². The predicted octanol–water partition coefficient (Wildman–Crippen LogP) is 3.99. The van der Waals surface area contributed by atoms with E-state index < -0.39 is 0 Å². The second kappa shape index (κ2) is 9.96. The molecule has 0 radical (unpaired) electrons. The number of aryl methyl sites for hydroxylation is 2. The Kier molecular flexibility index (Phi) is 6.65. The monoisotopic (exact) mass is 439 g/mol. The first-order valence-corrected chi connectivity index (χ1v) is 10.7. The normalized spacial score (nSPS) is 10.5. The van der Waals surface area contributed by atoms with E-state index in [0.717, 1.165) is 28.3 Å². The van der Waals surface area contributed by atoms with Crippen molar-refractivity contribution in [2.75, 3.05) is 6.61 Å². The molecule has 0 aliphatic heterocycles. The first-order valence-electron chi connectivity index (χ1n) is 10.7. The molecular formula is C26H25N5O2.